The second-order valence-corrected chi connectivity index (χ2v) is 6.83. The summed E-state index contributed by atoms with van der Waals surface area (Å²) in [5.41, 5.74) is 0.214. The first-order valence-corrected chi connectivity index (χ1v) is 8.38. The van der Waals surface area contributed by atoms with Crippen LogP contribution in [0.2, 0.25) is 0 Å². The molecule has 0 fully saturated rings. The van der Waals surface area contributed by atoms with Crippen molar-refractivity contribution in [3.8, 4) is 0 Å². The van der Waals surface area contributed by atoms with E-state index in [1.807, 2.05) is 6.92 Å². The summed E-state index contributed by atoms with van der Waals surface area (Å²) in [7, 11) is -4.58. The Balaban J connectivity index is 2.72. The van der Waals surface area contributed by atoms with E-state index in [4.69, 9.17) is 11.6 Å². The van der Waals surface area contributed by atoms with Crippen LogP contribution in [-0.2, 0) is 9.84 Å². The summed E-state index contributed by atoms with van der Waals surface area (Å²) in [5.74, 6) is -2.48. The molecule has 0 radical (unpaired) electrons. The predicted octanol–water partition coefficient (Wildman–Crippen LogP) is 3.75. The molecule has 1 rings (SSSR count). The number of rotatable bonds is 8. The fraction of sp³-hybridized carbons (Fsp3) is 0.538. The summed E-state index contributed by atoms with van der Waals surface area (Å²) >= 11 is 5.68. The van der Waals surface area contributed by atoms with E-state index in [0.29, 0.717) is 18.3 Å². The van der Waals surface area contributed by atoms with Gasteiger partial charge in [0.15, 0.2) is 0 Å². The van der Waals surface area contributed by atoms with E-state index >= 15 is 0 Å². The van der Waals surface area contributed by atoms with Gasteiger partial charge in [0.1, 0.15) is 0 Å². The molecule has 3 nitrogen and oxygen atoms in total. The van der Waals surface area contributed by atoms with E-state index in [9.17, 15) is 17.2 Å². The molecule has 0 saturated heterocycles. The van der Waals surface area contributed by atoms with E-state index in [-0.39, 0.29) is 10.6 Å². The molecule has 1 aromatic carbocycles. The fourth-order valence-electron chi connectivity index (χ4n) is 1.71. The number of hydrogen-bond donors (Lipinski definition) is 1. The average molecular weight is 326 g/mol. The third-order valence-corrected chi connectivity index (χ3v) is 4.85. The van der Waals surface area contributed by atoms with Gasteiger partial charge in [0.05, 0.1) is 10.6 Å². The number of para-hydroxylation sites is 1. The molecule has 1 aromatic rings. The maximum absolute atomic E-state index is 12.6. The maximum atomic E-state index is 12.6. The van der Waals surface area contributed by atoms with Crippen molar-refractivity contribution in [1.29, 1.82) is 0 Å². The van der Waals surface area contributed by atoms with Gasteiger partial charge in [-0.2, -0.15) is 8.78 Å². The quantitative estimate of drug-likeness (QED) is 0.585. The zero-order valence-corrected chi connectivity index (χ0v) is 12.7. The average Bonchev–Trinajstić information content (AvgIpc) is 2.43. The number of sulfone groups is 1. The summed E-state index contributed by atoms with van der Waals surface area (Å²) in [6.07, 6.45) is 1.68. The summed E-state index contributed by atoms with van der Waals surface area (Å²) < 4.78 is 48.2. The fourth-order valence-corrected chi connectivity index (χ4v) is 2.77. The Kier molecular flexibility index (Phi) is 6.68. The lowest BCUT2D eigenvalue weighted by atomic mass is 10.1. The Morgan fingerprint density at radius 2 is 1.95 bits per heavy atom. The standard InChI is InChI=1S/C13H18ClF2NO2S/c1-10(9-14)5-4-8-17-11-6-2-3-7-12(11)20(18,19)13(15)16/h2-3,6-7,10,13,17H,4-5,8-9H2,1H3. The van der Waals surface area contributed by atoms with Crippen LogP contribution in [0.4, 0.5) is 14.5 Å². The first kappa shape index (κ1) is 17.2. The Morgan fingerprint density at radius 3 is 2.55 bits per heavy atom. The largest absolute Gasteiger partial charge is 0.384 e. The summed E-state index contributed by atoms with van der Waals surface area (Å²) in [6.45, 7) is 2.53. The molecule has 0 bridgehead atoms. The van der Waals surface area contributed by atoms with Crippen LogP contribution in [0.5, 0.6) is 0 Å². The van der Waals surface area contributed by atoms with Crippen molar-refractivity contribution >= 4 is 27.1 Å². The van der Waals surface area contributed by atoms with Gasteiger partial charge < -0.3 is 5.32 Å². The van der Waals surface area contributed by atoms with Gasteiger partial charge in [0, 0.05) is 12.4 Å². The number of halogens is 3. The molecule has 0 aliphatic rings. The van der Waals surface area contributed by atoms with Gasteiger partial charge in [-0.1, -0.05) is 19.1 Å². The third-order valence-electron chi connectivity index (χ3n) is 2.88. The normalized spacial score (nSPS) is 13.4. The molecule has 0 aromatic heterocycles. The minimum absolute atomic E-state index is 0.214. The van der Waals surface area contributed by atoms with Gasteiger partial charge in [-0.3, -0.25) is 0 Å². The molecule has 0 amide bonds. The van der Waals surface area contributed by atoms with Crippen molar-refractivity contribution in [2.24, 2.45) is 5.92 Å². The Hall–Kier alpha value is -0.880. The van der Waals surface area contributed by atoms with E-state index in [1.54, 1.807) is 6.07 Å². The predicted molar refractivity (Wildman–Crippen MR) is 77.2 cm³/mol. The minimum atomic E-state index is -4.58. The van der Waals surface area contributed by atoms with Crippen molar-refractivity contribution < 1.29 is 17.2 Å². The maximum Gasteiger partial charge on any atom is 0.341 e. The lowest BCUT2D eigenvalue weighted by Crippen LogP contribution is -2.15. The first-order chi connectivity index (χ1) is 9.39. The lowest BCUT2D eigenvalue weighted by Gasteiger charge is -2.13. The highest BCUT2D eigenvalue weighted by molar-refractivity contribution is 7.91. The van der Waals surface area contributed by atoms with Crippen molar-refractivity contribution in [3.05, 3.63) is 24.3 Å². The summed E-state index contributed by atoms with van der Waals surface area (Å²) in [6, 6.07) is 5.70. The number of alkyl halides is 3. The molecule has 1 unspecified atom stereocenters. The molecule has 1 N–H and O–H groups in total. The van der Waals surface area contributed by atoms with Gasteiger partial charge in [0.2, 0.25) is 9.84 Å². The number of anilines is 1. The smallest absolute Gasteiger partial charge is 0.341 e. The Labute approximate surface area is 123 Å². The van der Waals surface area contributed by atoms with Gasteiger partial charge in [0.25, 0.3) is 0 Å². The van der Waals surface area contributed by atoms with Crippen LogP contribution in [0.3, 0.4) is 0 Å². The van der Waals surface area contributed by atoms with Gasteiger partial charge in [-0.15, -0.1) is 11.6 Å². The second kappa shape index (κ2) is 7.78. The molecule has 0 saturated carbocycles. The van der Waals surface area contributed by atoms with Gasteiger partial charge in [-0.05, 0) is 30.9 Å². The van der Waals surface area contributed by atoms with Crippen molar-refractivity contribution in [1.82, 2.24) is 0 Å². The summed E-state index contributed by atoms with van der Waals surface area (Å²) in [5, 5.41) is 2.90. The van der Waals surface area contributed by atoms with Crippen molar-refractivity contribution in [2.75, 3.05) is 17.7 Å². The molecule has 0 aliphatic heterocycles. The van der Waals surface area contributed by atoms with Crippen LogP contribution in [0.1, 0.15) is 19.8 Å². The molecule has 1 atom stereocenters. The molecular weight excluding hydrogens is 308 g/mol. The molecule has 0 heterocycles. The molecule has 7 heteroatoms. The van der Waals surface area contributed by atoms with Gasteiger partial charge >= 0.3 is 5.76 Å². The third kappa shape index (κ3) is 4.59. The van der Waals surface area contributed by atoms with Crippen LogP contribution < -0.4 is 5.32 Å². The van der Waals surface area contributed by atoms with Crippen molar-refractivity contribution in [3.63, 3.8) is 0 Å². The van der Waals surface area contributed by atoms with Crippen LogP contribution in [0, 0.1) is 5.92 Å². The Bertz CT molecular complexity index is 523. The minimum Gasteiger partial charge on any atom is -0.384 e. The Morgan fingerprint density at radius 1 is 1.30 bits per heavy atom. The van der Waals surface area contributed by atoms with Gasteiger partial charge in [-0.25, -0.2) is 8.42 Å². The SMILES string of the molecule is CC(CCl)CCCNc1ccccc1S(=O)(=O)C(F)F. The molecule has 0 aliphatic carbocycles. The van der Waals surface area contributed by atoms with Crippen LogP contribution in [0.25, 0.3) is 0 Å². The number of benzene rings is 1. The molecular formula is C13H18ClF2NO2S. The lowest BCUT2D eigenvalue weighted by molar-refractivity contribution is 0.235. The molecule has 0 spiro atoms. The summed E-state index contributed by atoms with van der Waals surface area (Å²) in [4.78, 5) is -0.361. The van der Waals surface area contributed by atoms with Crippen LogP contribution in [-0.4, -0.2) is 26.6 Å². The van der Waals surface area contributed by atoms with Crippen molar-refractivity contribution in [2.45, 2.75) is 30.4 Å². The molecule has 20 heavy (non-hydrogen) atoms. The topological polar surface area (TPSA) is 46.2 Å². The first-order valence-electron chi connectivity index (χ1n) is 6.30. The second-order valence-electron chi connectivity index (χ2n) is 4.63. The highest BCUT2D eigenvalue weighted by Crippen LogP contribution is 2.26. The molecule has 114 valence electrons. The van der Waals surface area contributed by atoms with E-state index < -0.39 is 15.6 Å². The van der Waals surface area contributed by atoms with Crippen LogP contribution >= 0.6 is 11.6 Å². The number of nitrogens with one attached hydrogen (secondary N) is 1. The highest BCUT2D eigenvalue weighted by atomic mass is 35.5. The number of hydrogen-bond acceptors (Lipinski definition) is 3. The van der Waals surface area contributed by atoms with E-state index in [0.717, 1.165) is 12.8 Å². The zero-order valence-electron chi connectivity index (χ0n) is 11.2. The highest BCUT2D eigenvalue weighted by Gasteiger charge is 2.28. The van der Waals surface area contributed by atoms with E-state index in [1.165, 1.54) is 18.2 Å². The zero-order chi connectivity index (χ0) is 15.2. The van der Waals surface area contributed by atoms with E-state index in [2.05, 4.69) is 5.32 Å². The van der Waals surface area contributed by atoms with Crippen LogP contribution in [0.15, 0.2) is 29.2 Å². The monoisotopic (exact) mass is 325 g/mol.